The molecule has 2 aliphatic heterocycles. The summed E-state index contributed by atoms with van der Waals surface area (Å²) in [6.07, 6.45) is 4.45. The summed E-state index contributed by atoms with van der Waals surface area (Å²) >= 11 is 0. The molecule has 0 saturated carbocycles. The van der Waals surface area contributed by atoms with Crippen LogP contribution in [0.25, 0.3) is 0 Å². The summed E-state index contributed by atoms with van der Waals surface area (Å²) in [5.74, 6) is -0.0917. The third-order valence-electron chi connectivity index (χ3n) is 7.09. The number of ether oxygens (including phenoxy) is 1. The number of aliphatic hydroxyl groups is 1. The number of rotatable bonds is 10. The van der Waals surface area contributed by atoms with Crippen molar-refractivity contribution in [1.82, 2.24) is 10.2 Å². The van der Waals surface area contributed by atoms with E-state index < -0.39 is 6.04 Å². The molecule has 5 heteroatoms. The van der Waals surface area contributed by atoms with Gasteiger partial charge >= 0.3 is 0 Å². The van der Waals surface area contributed by atoms with Gasteiger partial charge in [-0.05, 0) is 23.1 Å². The second kappa shape index (κ2) is 11.0. The first-order chi connectivity index (χ1) is 17.2. The molecule has 5 rings (SSSR count). The van der Waals surface area contributed by atoms with Gasteiger partial charge in [-0.1, -0.05) is 103 Å². The average molecular weight is 469 g/mol. The Morgan fingerprint density at radius 1 is 0.829 bits per heavy atom. The fraction of sp³-hybridized carbons (Fsp3) is 0.300. The molecule has 1 amide bonds. The molecule has 0 radical (unpaired) electrons. The van der Waals surface area contributed by atoms with E-state index in [9.17, 15) is 9.90 Å². The van der Waals surface area contributed by atoms with Gasteiger partial charge in [0.05, 0.1) is 24.9 Å². The molecular formula is C30H32N2O3. The molecule has 0 aliphatic carbocycles. The summed E-state index contributed by atoms with van der Waals surface area (Å²) in [5.41, 5.74) is 3.30. The van der Waals surface area contributed by atoms with Crippen molar-refractivity contribution in [3.63, 3.8) is 0 Å². The SMILES string of the molecule is O=C(NCc1ccccc1)[C@@H](Cc1ccccc1)N(Cc1ccccc1)[C@H]1[C@H](CO)[C@@H]2C=C[C@H]1O2. The maximum atomic E-state index is 13.8. The topological polar surface area (TPSA) is 61.8 Å². The Labute approximate surface area is 207 Å². The molecule has 3 aromatic rings. The van der Waals surface area contributed by atoms with Gasteiger partial charge in [0.2, 0.25) is 5.91 Å². The van der Waals surface area contributed by atoms with Crippen LogP contribution in [0.5, 0.6) is 0 Å². The summed E-state index contributed by atoms with van der Waals surface area (Å²) in [5, 5.41) is 13.5. The molecule has 5 atom stereocenters. The third kappa shape index (κ3) is 5.38. The number of carbonyl (C=O) groups is 1. The number of amides is 1. The van der Waals surface area contributed by atoms with E-state index in [1.54, 1.807) is 0 Å². The monoisotopic (exact) mass is 468 g/mol. The smallest absolute Gasteiger partial charge is 0.237 e. The number of nitrogens with one attached hydrogen (secondary N) is 1. The maximum absolute atomic E-state index is 13.8. The van der Waals surface area contributed by atoms with Gasteiger partial charge in [0.25, 0.3) is 0 Å². The van der Waals surface area contributed by atoms with E-state index in [2.05, 4.69) is 40.6 Å². The number of aliphatic hydroxyl groups excluding tert-OH is 1. The van der Waals surface area contributed by atoms with Gasteiger partial charge < -0.3 is 15.2 Å². The molecule has 1 saturated heterocycles. The number of hydrogen-bond donors (Lipinski definition) is 2. The van der Waals surface area contributed by atoms with Crippen LogP contribution < -0.4 is 5.32 Å². The second-order valence-corrected chi connectivity index (χ2v) is 9.35. The molecule has 0 aromatic heterocycles. The molecule has 0 unspecified atom stereocenters. The van der Waals surface area contributed by atoms with E-state index in [-0.39, 0.29) is 36.7 Å². The lowest BCUT2D eigenvalue weighted by molar-refractivity contribution is -0.128. The summed E-state index contributed by atoms with van der Waals surface area (Å²) in [7, 11) is 0. The number of nitrogens with zero attached hydrogens (tertiary/aromatic N) is 1. The summed E-state index contributed by atoms with van der Waals surface area (Å²) in [6.45, 7) is 1.09. The molecular weight excluding hydrogens is 436 g/mol. The highest BCUT2D eigenvalue weighted by atomic mass is 16.5. The van der Waals surface area contributed by atoms with Gasteiger partial charge in [0.1, 0.15) is 0 Å². The first-order valence-electron chi connectivity index (χ1n) is 12.3. The van der Waals surface area contributed by atoms with Crippen molar-refractivity contribution in [3.8, 4) is 0 Å². The lowest BCUT2D eigenvalue weighted by atomic mass is 9.86. The van der Waals surface area contributed by atoms with Crippen molar-refractivity contribution < 1.29 is 14.6 Å². The van der Waals surface area contributed by atoms with Gasteiger partial charge in [-0.25, -0.2) is 0 Å². The number of benzene rings is 3. The Morgan fingerprint density at radius 2 is 1.40 bits per heavy atom. The lowest BCUT2D eigenvalue weighted by Crippen LogP contribution is -2.56. The average Bonchev–Trinajstić information content (AvgIpc) is 3.53. The number of carbonyl (C=O) groups excluding carboxylic acids is 1. The Balaban J connectivity index is 1.48. The van der Waals surface area contributed by atoms with Crippen LogP contribution in [0, 0.1) is 5.92 Å². The van der Waals surface area contributed by atoms with Gasteiger partial charge in [0, 0.05) is 25.0 Å². The number of hydrogen-bond acceptors (Lipinski definition) is 4. The van der Waals surface area contributed by atoms with Crippen LogP contribution in [0.1, 0.15) is 16.7 Å². The second-order valence-electron chi connectivity index (χ2n) is 9.35. The van der Waals surface area contributed by atoms with Crippen molar-refractivity contribution in [1.29, 1.82) is 0 Å². The molecule has 180 valence electrons. The Hall–Kier alpha value is -3.25. The fourth-order valence-electron chi connectivity index (χ4n) is 5.33. The Bertz CT molecular complexity index is 1120. The summed E-state index contributed by atoms with van der Waals surface area (Å²) in [6, 6.07) is 29.8. The summed E-state index contributed by atoms with van der Waals surface area (Å²) in [4.78, 5) is 16.1. The van der Waals surface area contributed by atoms with Crippen LogP contribution >= 0.6 is 0 Å². The van der Waals surface area contributed by atoms with Crippen molar-refractivity contribution in [2.75, 3.05) is 6.61 Å². The largest absolute Gasteiger partial charge is 0.396 e. The third-order valence-corrected chi connectivity index (χ3v) is 7.09. The first kappa shape index (κ1) is 23.5. The minimum absolute atomic E-state index is 0.0166. The molecule has 5 nitrogen and oxygen atoms in total. The van der Waals surface area contributed by atoms with E-state index in [4.69, 9.17) is 4.74 Å². The van der Waals surface area contributed by atoms with Crippen molar-refractivity contribution in [2.45, 2.75) is 43.8 Å². The predicted octanol–water partition coefficient (Wildman–Crippen LogP) is 3.73. The van der Waals surface area contributed by atoms with Crippen LogP contribution in [-0.4, -0.2) is 46.8 Å². The van der Waals surface area contributed by atoms with Gasteiger partial charge in [0.15, 0.2) is 0 Å². The molecule has 3 aromatic carbocycles. The first-order valence-corrected chi connectivity index (χ1v) is 12.3. The van der Waals surface area contributed by atoms with Crippen molar-refractivity contribution >= 4 is 5.91 Å². The summed E-state index contributed by atoms with van der Waals surface area (Å²) < 4.78 is 6.17. The van der Waals surface area contributed by atoms with Crippen molar-refractivity contribution in [3.05, 3.63) is 120 Å². The van der Waals surface area contributed by atoms with E-state index in [1.165, 1.54) is 0 Å². The number of fused-ring (bicyclic) bond motifs is 2. The van der Waals surface area contributed by atoms with E-state index in [0.29, 0.717) is 19.5 Å². The van der Waals surface area contributed by atoms with Gasteiger partial charge in [-0.15, -0.1) is 0 Å². The molecule has 35 heavy (non-hydrogen) atoms. The van der Waals surface area contributed by atoms with Crippen molar-refractivity contribution in [2.24, 2.45) is 5.92 Å². The van der Waals surface area contributed by atoms with E-state index >= 15 is 0 Å². The zero-order chi connectivity index (χ0) is 24.0. The van der Waals surface area contributed by atoms with E-state index in [0.717, 1.165) is 16.7 Å². The zero-order valence-electron chi connectivity index (χ0n) is 19.7. The molecule has 2 N–H and O–H groups in total. The zero-order valence-corrected chi connectivity index (χ0v) is 19.7. The highest BCUT2D eigenvalue weighted by Gasteiger charge is 2.50. The Morgan fingerprint density at radius 3 is 2.03 bits per heavy atom. The lowest BCUT2D eigenvalue weighted by Gasteiger charge is -2.40. The van der Waals surface area contributed by atoms with Gasteiger partial charge in [-0.2, -0.15) is 0 Å². The van der Waals surface area contributed by atoms with Crippen LogP contribution in [0.15, 0.2) is 103 Å². The van der Waals surface area contributed by atoms with E-state index in [1.807, 2.05) is 72.8 Å². The predicted molar refractivity (Wildman–Crippen MR) is 136 cm³/mol. The quantitative estimate of drug-likeness (QED) is 0.445. The highest BCUT2D eigenvalue weighted by molar-refractivity contribution is 5.82. The molecule has 2 aliphatic rings. The molecule has 0 spiro atoms. The minimum Gasteiger partial charge on any atom is -0.396 e. The molecule has 2 bridgehead atoms. The fourth-order valence-corrected chi connectivity index (χ4v) is 5.33. The van der Waals surface area contributed by atoms with Crippen LogP contribution in [0.2, 0.25) is 0 Å². The van der Waals surface area contributed by atoms with Crippen LogP contribution in [0.4, 0.5) is 0 Å². The standard InChI is InChI=1S/C30H32N2O3/c33-21-25-27-16-17-28(35-27)29(25)32(20-24-14-8-3-9-15-24)26(18-22-10-4-1-5-11-22)30(34)31-19-23-12-6-2-7-13-23/h1-17,25-29,33H,18-21H2,(H,31,34)/t25-,26-,27+,28-,29+/m1/s1. The molecule has 2 heterocycles. The normalized spacial score (nSPS) is 23.5. The highest BCUT2D eigenvalue weighted by Crippen LogP contribution is 2.39. The van der Waals surface area contributed by atoms with Crippen LogP contribution in [0.3, 0.4) is 0 Å². The van der Waals surface area contributed by atoms with Crippen LogP contribution in [-0.2, 0) is 29.0 Å². The molecule has 1 fully saturated rings. The maximum Gasteiger partial charge on any atom is 0.237 e. The minimum atomic E-state index is -0.420. The Kier molecular flexibility index (Phi) is 7.38. The van der Waals surface area contributed by atoms with Gasteiger partial charge in [-0.3, -0.25) is 9.69 Å².